The SMILES string of the molecule is Cc1ccc(C(C)Nc2cccc(C(N)=O)c2C)cc1. The number of nitrogens with one attached hydrogen (secondary N) is 1. The highest BCUT2D eigenvalue weighted by atomic mass is 16.1. The van der Waals surface area contributed by atoms with Gasteiger partial charge in [-0.05, 0) is 44.0 Å². The molecule has 3 nitrogen and oxygen atoms in total. The van der Waals surface area contributed by atoms with Gasteiger partial charge in [-0.2, -0.15) is 0 Å². The summed E-state index contributed by atoms with van der Waals surface area (Å²) < 4.78 is 0. The summed E-state index contributed by atoms with van der Waals surface area (Å²) in [6, 6.07) is 14.1. The number of aryl methyl sites for hydroxylation is 1. The maximum Gasteiger partial charge on any atom is 0.249 e. The predicted molar refractivity (Wildman–Crippen MR) is 82.9 cm³/mol. The number of nitrogens with two attached hydrogens (primary N) is 1. The summed E-state index contributed by atoms with van der Waals surface area (Å²) in [5.74, 6) is -0.394. The monoisotopic (exact) mass is 268 g/mol. The van der Waals surface area contributed by atoms with Crippen molar-refractivity contribution in [2.45, 2.75) is 26.8 Å². The Kier molecular flexibility index (Phi) is 4.08. The molecule has 0 aromatic heterocycles. The Morgan fingerprint density at radius 2 is 1.75 bits per heavy atom. The van der Waals surface area contributed by atoms with Crippen molar-refractivity contribution < 1.29 is 4.79 Å². The van der Waals surface area contributed by atoms with Crippen LogP contribution in [0.1, 0.15) is 40.0 Å². The van der Waals surface area contributed by atoms with E-state index in [1.54, 1.807) is 6.07 Å². The Labute approximate surface area is 119 Å². The molecule has 0 aliphatic carbocycles. The molecule has 0 saturated carbocycles. The average molecular weight is 268 g/mol. The van der Waals surface area contributed by atoms with Crippen LogP contribution in [0.5, 0.6) is 0 Å². The molecule has 0 bridgehead atoms. The Morgan fingerprint density at radius 1 is 1.10 bits per heavy atom. The predicted octanol–water partition coefficient (Wildman–Crippen LogP) is 3.58. The van der Waals surface area contributed by atoms with Gasteiger partial charge in [0.1, 0.15) is 0 Å². The number of amides is 1. The van der Waals surface area contributed by atoms with E-state index in [1.807, 2.05) is 19.1 Å². The maximum absolute atomic E-state index is 11.4. The third kappa shape index (κ3) is 2.99. The van der Waals surface area contributed by atoms with Gasteiger partial charge >= 0.3 is 0 Å². The molecule has 2 rings (SSSR count). The van der Waals surface area contributed by atoms with Crippen molar-refractivity contribution in [1.82, 2.24) is 0 Å². The second kappa shape index (κ2) is 5.78. The van der Waals surface area contributed by atoms with Gasteiger partial charge in [-0.1, -0.05) is 35.9 Å². The van der Waals surface area contributed by atoms with Crippen molar-refractivity contribution in [3.05, 3.63) is 64.7 Å². The van der Waals surface area contributed by atoms with Gasteiger partial charge in [-0.25, -0.2) is 0 Å². The van der Waals surface area contributed by atoms with Crippen molar-refractivity contribution in [2.75, 3.05) is 5.32 Å². The van der Waals surface area contributed by atoms with E-state index in [0.29, 0.717) is 5.56 Å². The molecule has 0 saturated heterocycles. The number of rotatable bonds is 4. The molecule has 20 heavy (non-hydrogen) atoms. The number of carbonyl (C=O) groups excluding carboxylic acids is 1. The summed E-state index contributed by atoms with van der Waals surface area (Å²) >= 11 is 0. The second-order valence-electron chi connectivity index (χ2n) is 5.12. The van der Waals surface area contributed by atoms with Crippen LogP contribution in [-0.2, 0) is 0 Å². The van der Waals surface area contributed by atoms with Crippen LogP contribution in [0.15, 0.2) is 42.5 Å². The first-order chi connectivity index (χ1) is 9.49. The van der Waals surface area contributed by atoms with Gasteiger partial charge in [0, 0.05) is 17.3 Å². The highest BCUT2D eigenvalue weighted by Gasteiger charge is 2.11. The Morgan fingerprint density at radius 3 is 2.35 bits per heavy atom. The van der Waals surface area contributed by atoms with Crippen molar-refractivity contribution in [2.24, 2.45) is 5.73 Å². The van der Waals surface area contributed by atoms with Crippen molar-refractivity contribution in [3.63, 3.8) is 0 Å². The van der Waals surface area contributed by atoms with Crippen LogP contribution in [0.25, 0.3) is 0 Å². The summed E-state index contributed by atoms with van der Waals surface area (Å²) in [4.78, 5) is 11.4. The lowest BCUT2D eigenvalue weighted by Gasteiger charge is -2.18. The van der Waals surface area contributed by atoms with Gasteiger partial charge < -0.3 is 11.1 Å². The van der Waals surface area contributed by atoms with E-state index in [-0.39, 0.29) is 6.04 Å². The zero-order valence-corrected chi connectivity index (χ0v) is 12.1. The minimum Gasteiger partial charge on any atom is -0.378 e. The molecule has 0 heterocycles. The molecule has 104 valence electrons. The van der Waals surface area contributed by atoms with Gasteiger partial charge in [0.2, 0.25) is 5.91 Å². The molecule has 2 aromatic rings. The van der Waals surface area contributed by atoms with E-state index in [1.165, 1.54) is 11.1 Å². The zero-order valence-electron chi connectivity index (χ0n) is 12.1. The molecule has 0 fully saturated rings. The van der Waals surface area contributed by atoms with E-state index in [4.69, 9.17) is 5.73 Å². The highest BCUT2D eigenvalue weighted by Crippen LogP contribution is 2.24. The van der Waals surface area contributed by atoms with Crippen molar-refractivity contribution in [3.8, 4) is 0 Å². The molecular weight excluding hydrogens is 248 g/mol. The first-order valence-corrected chi connectivity index (χ1v) is 6.71. The second-order valence-corrected chi connectivity index (χ2v) is 5.12. The molecule has 2 aromatic carbocycles. The van der Waals surface area contributed by atoms with Crippen LogP contribution in [-0.4, -0.2) is 5.91 Å². The van der Waals surface area contributed by atoms with Gasteiger partial charge in [0.05, 0.1) is 0 Å². The quantitative estimate of drug-likeness (QED) is 0.890. The van der Waals surface area contributed by atoms with Gasteiger partial charge in [0.15, 0.2) is 0 Å². The highest BCUT2D eigenvalue weighted by molar-refractivity contribution is 5.95. The summed E-state index contributed by atoms with van der Waals surface area (Å²) in [6.07, 6.45) is 0. The van der Waals surface area contributed by atoms with Crippen LogP contribution in [0, 0.1) is 13.8 Å². The fourth-order valence-corrected chi connectivity index (χ4v) is 2.23. The van der Waals surface area contributed by atoms with E-state index >= 15 is 0 Å². The molecule has 0 spiro atoms. The minimum atomic E-state index is -0.394. The van der Waals surface area contributed by atoms with Gasteiger partial charge in [-0.15, -0.1) is 0 Å². The Balaban J connectivity index is 2.23. The average Bonchev–Trinajstić information content (AvgIpc) is 2.41. The summed E-state index contributed by atoms with van der Waals surface area (Å²) in [5.41, 5.74) is 10.2. The normalized spacial score (nSPS) is 11.9. The summed E-state index contributed by atoms with van der Waals surface area (Å²) in [5, 5.41) is 3.43. The first-order valence-electron chi connectivity index (χ1n) is 6.71. The molecule has 1 amide bonds. The van der Waals surface area contributed by atoms with Crippen LogP contribution in [0.3, 0.4) is 0 Å². The lowest BCUT2D eigenvalue weighted by molar-refractivity contribution is 0.1000. The summed E-state index contributed by atoms with van der Waals surface area (Å²) in [6.45, 7) is 6.08. The van der Waals surface area contributed by atoms with Crippen LogP contribution < -0.4 is 11.1 Å². The van der Waals surface area contributed by atoms with E-state index < -0.39 is 5.91 Å². The molecule has 1 unspecified atom stereocenters. The third-order valence-corrected chi connectivity index (χ3v) is 3.55. The summed E-state index contributed by atoms with van der Waals surface area (Å²) in [7, 11) is 0. The number of hydrogen-bond acceptors (Lipinski definition) is 2. The van der Waals surface area contributed by atoms with Crippen LogP contribution in [0.4, 0.5) is 5.69 Å². The van der Waals surface area contributed by atoms with Crippen LogP contribution in [0.2, 0.25) is 0 Å². The smallest absolute Gasteiger partial charge is 0.249 e. The first kappa shape index (κ1) is 14.1. The van der Waals surface area contributed by atoms with E-state index in [0.717, 1.165) is 11.3 Å². The van der Waals surface area contributed by atoms with Crippen LogP contribution >= 0.6 is 0 Å². The molecule has 1 atom stereocenters. The molecule has 3 N–H and O–H groups in total. The Bertz CT molecular complexity index is 617. The maximum atomic E-state index is 11.4. The number of anilines is 1. The molecule has 0 aliphatic heterocycles. The molecule has 0 aliphatic rings. The third-order valence-electron chi connectivity index (χ3n) is 3.55. The fraction of sp³-hybridized carbons (Fsp3) is 0.235. The molecule has 0 radical (unpaired) electrons. The lowest BCUT2D eigenvalue weighted by Crippen LogP contribution is -2.15. The topological polar surface area (TPSA) is 55.1 Å². The molecule has 3 heteroatoms. The van der Waals surface area contributed by atoms with E-state index in [9.17, 15) is 4.79 Å². The molecular formula is C17H20N2O. The minimum absolute atomic E-state index is 0.164. The van der Waals surface area contributed by atoms with Gasteiger partial charge in [0.25, 0.3) is 0 Å². The van der Waals surface area contributed by atoms with Crippen molar-refractivity contribution >= 4 is 11.6 Å². The standard InChI is InChI=1S/C17H20N2O/c1-11-7-9-14(10-8-11)13(3)19-16-6-4-5-15(12(16)2)17(18)20/h4-10,13,19H,1-3H3,(H2,18,20). The number of primary amides is 1. The number of hydrogen-bond donors (Lipinski definition) is 2. The number of benzene rings is 2. The number of carbonyl (C=O) groups is 1. The van der Waals surface area contributed by atoms with E-state index in [2.05, 4.69) is 43.4 Å². The largest absolute Gasteiger partial charge is 0.378 e. The Hall–Kier alpha value is -2.29. The van der Waals surface area contributed by atoms with Gasteiger partial charge in [-0.3, -0.25) is 4.79 Å². The zero-order chi connectivity index (χ0) is 14.7. The lowest BCUT2D eigenvalue weighted by atomic mass is 10.0. The van der Waals surface area contributed by atoms with Crippen molar-refractivity contribution in [1.29, 1.82) is 0 Å². The fourth-order valence-electron chi connectivity index (χ4n) is 2.23.